The topological polar surface area (TPSA) is 88.2 Å². The number of nitrogens with one attached hydrogen (secondary N) is 1. The summed E-state index contributed by atoms with van der Waals surface area (Å²) in [7, 11) is 4.44. The Bertz CT molecular complexity index is 1030. The van der Waals surface area contributed by atoms with Crippen LogP contribution in [-0.4, -0.2) is 61.9 Å². The number of carbonyl (C=O) groups excluding carboxylic acids is 3. The first-order valence-corrected chi connectivity index (χ1v) is 9.26. The van der Waals surface area contributed by atoms with Crippen LogP contribution in [0.5, 0.6) is 11.5 Å². The second-order valence-corrected chi connectivity index (χ2v) is 7.01. The molecule has 1 aliphatic heterocycles. The molecule has 164 valence electrons. The molecule has 1 aliphatic rings. The lowest BCUT2D eigenvalue weighted by Gasteiger charge is -2.18. The summed E-state index contributed by atoms with van der Waals surface area (Å²) in [5.41, 5.74) is 1.58. The second kappa shape index (κ2) is 9.09. The van der Waals surface area contributed by atoms with Gasteiger partial charge in [-0.05, 0) is 42.9 Å². The van der Waals surface area contributed by atoms with Gasteiger partial charge in [0.2, 0.25) is 5.91 Å². The van der Waals surface area contributed by atoms with Crippen LogP contribution in [0.4, 0.5) is 14.5 Å². The van der Waals surface area contributed by atoms with Crippen LogP contribution in [-0.2, 0) is 11.3 Å². The third kappa shape index (κ3) is 4.97. The number of hydrogen-bond acceptors (Lipinski definition) is 6. The Hall–Kier alpha value is -3.53. The van der Waals surface area contributed by atoms with Gasteiger partial charge in [0, 0.05) is 19.3 Å². The first-order chi connectivity index (χ1) is 14.7. The third-order valence-corrected chi connectivity index (χ3v) is 4.68. The maximum absolute atomic E-state index is 12.6. The van der Waals surface area contributed by atoms with Gasteiger partial charge in [0.15, 0.2) is 11.5 Å². The fraction of sp³-hybridized carbons (Fsp3) is 0.286. The monoisotopic (exact) mass is 433 g/mol. The molecule has 0 atom stereocenters. The molecule has 1 heterocycles. The van der Waals surface area contributed by atoms with E-state index in [2.05, 4.69) is 10.1 Å². The molecule has 0 aromatic heterocycles. The van der Waals surface area contributed by atoms with E-state index < -0.39 is 12.5 Å². The summed E-state index contributed by atoms with van der Waals surface area (Å²) >= 11 is 0. The first-order valence-electron chi connectivity index (χ1n) is 9.26. The van der Waals surface area contributed by atoms with Gasteiger partial charge in [0.1, 0.15) is 0 Å². The number of benzene rings is 2. The minimum absolute atomic E-state index is 0.000924. The molecule has 31 heavy (non-hydrogen) atoms. The van der Waals surface area contributed by atoms with E-state index in [1.165, 1.54) is 38.4 Å². The molecule has 0 saturated heterocycles. The van der Waals surface area contributed by atoms with Crippen LogP contribution in [0.15, 0.2) is 36.4 Å². The molecular weight excluding hydrogens is 412 g/mol. The number of fused-ring (bicyclic) bond motifs is 1. The van der Waals surface area contributed by atoms with E-state index in [0.29, 0.717) is 23.4 Å². The molecule has 3 amide bonds. The lowest BCUT2D eigenvalue weighted by Crippen LogP contribution is -2.29. The van der Waals surface area contributed by atoms with E-state index in [1.807, 2.05) is 0 Å². The van der Waals surface area contributed by atoms with Gasteiger partial charge in [-0.1, -0.05) is 6.07 Å². The minimum Gasteiger partial charge on any atom is -0.493 e. The lowest BCUT2D eigenvalue weighted by atomic mass is 10.1. The van der Waals surface area contributed by atoms with E-state index in [1.54, 1.807) is 24.1 Å². The molecule has 2 aromatic rings. The Balaban J connectivity index is 1.62. The third-order valence-electron chi connectivity index (χ3n) is 4.68. The van der Waals surface area contributed by atoms with Crippen molar-refractivity contribution in [1.82, 2.24) is 9.80 Å². The summed E-state index contributed by atoms with van der Waals surface area (Å²) in [4.78, 5) is 39.1. The van der Waals surface area contributed by atoms with Crippen LogP contribution in [0.25, 0.3) is 0 Å². The highest BCUT2D eigenvalue weighted by atomic mass is 19.3. The van der Waals surface area contributed by atoms with Gasteiger partial charge < -0.3 is 14.8 Å². The van der Waals surface area contributed by atoms with E-state index in [4.69, 9.17) is 4.74 Å². The molecule has 10 heteroatoms. The number of amides is 3. The summed E-state index contributed by atoms with van der Waals surface area (Å²) < 4.78 is 34.6. The second-order valence-electron chi connectivity index (χ2n) is 7.01. The molecule has 2 aromatic carbocycles. The molecule has 3 rings (SSSR count). The number of imide groups is 1. The molecule has 0 unspecified atom stereocenters. The maximum Gasteiger partial charge on any atom is 0.387 e. The number of ether oxygens (including phenoxy) is 2. The molecule has 0 aliphatic carbocycles. The summed E-state index contributed by atoms with van der Waals surface area (Å²) in [6.45, 7) is -2.69. The van der Waals surface area contributed by atoms with Crippen molar-refractivity contribution in [2.24, 2.45) is 0 Å². The van der Waals surface area contributed by atoms with Gasteiger partial charge in [-0.2, -0.15) is 8.78 Å². The number of nitrogens with zero attached hydrogens (tertiary/aromatic N) is 2. The number of methoxy groups -OCH3 is 1. The maximum atomic E-state index is 12.6. The van der Waals surface area contributed by atoms with Crippen molar-refractivity contribution in [3.8, 4) is 11.5 Å². The summed E-state index contributed by atoms with van der Waals surface area (Å²) in [5, 5.41) is 2.69. The van der Waals surface area contributed by atoms with Crippen molar-refractivity contribution < 1.29 is 32.6 Å². The number of halogens is 2. The van der Waals surface area contributed by atoms with Crippen LogP contribution in [0.1, 0.15) is 26.3 Å². The van der Waals surface area contributed by atoms with E-state index in [0.717, 1.165) is 4.90 Å². The molecule has 0 spiro atoms. The zero-order chi connectivity index (χ0) is 22.7. The predicted molar refractivity (Wildman–Crippen MR) is 107 cm³/mol. The van der Waals surface area contributed by atoms with Crippen LogP contribution < -0.4 is 14.8 Å². The highest BCUT2D eigenvalue weighted by molar-refractivity contribution is 6.21. The molecular formula is C21H21F2N3O5. The van der Waals surface area contributed by atoms with Gasteiger partial charge in [0.05, 0.1) is 24.8 Å². The molecule has 0 radical (unpaired) electrons. The SMILES string of the molecule is COc1ccc(CN(C)CC(=O)Nc2ccc3c(c2)C(=O)N(C)C3=O)cc1OC(F)F. The Labute approximate surface area is 177 Å². The number of hydrogen-bond donors (Lipinski definition) is 1. The van der Waals surface area contributed by atoms with Crippen LogP contribution in [0.2, 0.25) is 0 Å². The van der Waals surface area contributed by atoms with Gasteiger partial charge in [-0.15, -0.1) is 0 Å². The van der Waals surface area contributed by atoms with E-state index >= 15 is 0 Å². The van der Waals surface area contributed by atoms with Crippen molar-refractivity contribution in [2.45, 2.75) is 13.2 Å². The Morgan fingerprint density at radius 3 is 2.48 bits per heavy atom. The molecule has 0 bridgehead atoms. The van der Waals surface area contributed by atoms with Crippen molar-refractivity contribution in [3.05, 3.63) is 53.1 Å². The van der Waals surface area contributed by atoms with E-state index in [9.17, 15) is 23.2 Å². The number of alkyl halides is 2. The zero-order valence-corrected chi connectivity index (χ0v) is 17.1. The van der Waals surface area contributed by atoms with Crippen molar-refractivity contribution >= 4 is 23.4 Å². The lowest BCUT2D eigenvalue weighted by molar-refractivity contribution is -0.117. The van der Waals surface area contributed by atoms with Gasteiger partial charge >= 0.3 is 6.61 Å². The Morgan fingerprint density at radius 1 is 1.10 bits per heavy atom. The van der Waals surface area contributed by atoms with Crippen molar-refractivity contribution in [1.29, 1.82) is 0 Å². The number of anilines is 1. The normalized spacial score (nSPS) is 13.1. The van der Waals surface area contributed by atoms with Crippen LogP contribution in [0.3, 0.4) is 0 Å². The molecule has 1 N–H and O–H groups in total. The van der Waals surface area contributed by atoms with Crippen LogP contribution in [0, 0.1) is 0 Å². The summed E-state index contributed by atoms with van der Waals surface area (Å²) in [6.07, 6.45) is 0. The molecule has 8 nitrogen and oxygen atoms in total. The van der Waals surface area contributed by atoms with Gasteiger partial charge in [0.25, 0.3) is 11.8 Å². The van der Waals surface area contributed by atoms with E-state index in [-0.39, 0.29) is 35.4 Å². The smallest absolute Gasteiger partial charge is 0.387 e. The van der Waals surface area contributed by atoms with Crippen molar-refractivity contribution in [3.63, 3.8) is 0 Å². The first kappa shape index (κ1) is 22.2. The minimum atomic E-state index is -2.98. The van der Waals surface area contributed by atoms with Gasteiger partial charge in [-0.25, -0.2) is 0 Å². The average molecular weight is 433 g/mol. The highest BCUT2D eigenvalue weighted by Crippen LogP contribution is 2.30. The summed E-state index contributed by atoms with van der Waals surface area (Å²) in [5.74, 6) is -1.05. The average Bonchev–Trinajstić information content (AvgIpc) is 2.91. The fourth-order valence-electron chi connectivity index (χ4n) is 3.26. The van der Waals surface area contributed by atoms with Crippen molar-refractivity contribution in [2.75, 3.05) is 33.1 Å². The quantitative estimate of drug-likeness (QED) is 0.644. The Morgan fingerprint density at radius 2 is 1.81 bits per heavy atom. The fourth-order valence-corrected chi connectivity index (χ4v) is 3.26. The number of rotatable bonds is 8. The predicted octanol–water partition coefficient (Wildman–Crippen LogP) is 2.59. The largest absolute Gasteiger partial charge is 0.493 e. The molecule has 0 saturated carbocycles. The number of likely N-dealkylation sites (N-methyl/N-ethyl adjacent to an activating group) is 1. The molecule has 0 fully saturated rings. The standard InChI is InChI=1S/C21H21F2N3O5/c1-25(10-12-4-7-16(30-3)17(8-12)31-21(22)23)11-18(27)24-13-5-6-14-15(9-13)20(29)26(2)19(14)28/h4-9,21H,10-11H2,1-3H3,(H,24,27). The number of carbonyl (C=O) groups is 3. The highest BCUT2D eigenvalue weighted by Gasteiger charge is 2.32. The van der Waals surface area contributed by atoms with Crippen LogP contribution >= 0.6 is 0 Å². The Kier molecular flexibility index (Phi) is 6.50. The summed E-state index contributed by atoms with van der Waals surface area (Å²) in [6, 6.07) is 9.15. The zero-order valence-electron chi connectivity index (χ0n) is 17.1. The van der Waals surface area contributed by atoms with Gasteiger partial charge in [-0.3, -0.25) is 24.2 Å².